The number of anilines is 1. The first-order valence-electron chi connectivity index (χ1n) is 6.39. The van der Waals surface area contributed by atoms with Crippen LogP contribution in [0.3, 0.4) is 0 Å². The zero-order chi connectivity index (χ0) is 13.9. The molecule has 1 atom stereocenters. The molecule has 1 amide bonds. The van der Waals surface area contributed by atoms with Gasteiger partial charge in [-0.3, -0.25) is 4.79 Å². The summed E-state index contributed by atoms with van der Waals surface area (Å²) in [5, 5.41) is 2.74. The van der Waals surface area contributed by atoms with Crippen LogP contribution in [-0.4, -0.2) is 18.0 Å². The lowest BCUT2D eigenvalue weighted by Gasteiger charge is -2.13. The van der Waals surface area contributed by atoms with E-state index in [2.05, 4.69) is 5.32 Å². The van der Waals surface area contributed by atoms with Crippen LogP contribution < -0.4 is 5.32 Å². The van der Waals surface area contributed by atoms with Crippen LogP contribution in [0.2, 0.25) is 0 Å². The first-order valence-corrected chi connectivity index (χ1v) is 6.39. The molecule has 0 aromatic heterocycles. The Morgan fingerprint density at radius 2 is 1.65 bits per heavy atom. The topological polar surface area (TPSA) is 55.4 Å². The molecule has 1 aliphatic rings. The first kappa shape index (κ1) is 12.4. The molecular weight excluding hydrogens is 254 g/mol. The van der Waals surface area contributed by atoms with E-state index in [1.54, 1.807) is 24.3 Å². The van der Waals surface area contributed by atoms with Crippen molar-refractivity contribution >= 4 is 17.6 Å². The van der Waals surface area contributed by atoms with Gasteiger partial charge < -0.3 is 10.1 Å². The van der Waals surface area contributed by atoms with Crippen molar-refractivity contribution in [3.05, 3.63) is 65.7 Å². The van der Waals surface area contributed by atoms with Crippen LogP contribution >= 0.6 is 0 Å². The molecule has 1 N–H and O–H groups in total. The molecule has 0 unspecified atom stereocenters. The molecule has 0 saturated heterocycles. The number of cyclic esters (lactones) is 1. The fourth-order valence-electron chi connectivity index (χ4n) is 2.19. The molecule has 0 spiro atoms. The number of amides is 1. The highest BCUT2D eigenvalue weighted by atomic mass is 16.5. The first-order chi connectivity index (χ1) is 9.74. The normalized spacial score (nSPS) is 17.7. The number of para-hydroxylation sites is 1. The van der Waals surface area contributed by atoms with Crippen molar-refractivity contribution in [2.45, 2.75) is 12.5 Å². The Kier molecular flexibility index (Phi) is 3.21. The van der Waals surface area contributed by atoms with Gasteiger partial charge in [0.25, 0.3) is 5.91 Å². The molecule has 4 nitrogen and oxygen atoms in total. The van der Waals surface area contributed by atoms with Crippen molar-refractivity contribution in [1.29, 1.82) is 0 Å². The molecule has 3 rings (SSSR count). The van der Waals surface area contributed by atoms with Crippen LogP contribution in [0.25, 0.3) is 0 Å². The van der Waals surface area contributed by atoms with Crippen LogP contribution in [0, 0.1) is 0 Å². The summed E-state index contributed by atoms with van der Waals surface area (Å²) in [7, 11) is 0. The second kappa shape index (κ2) is 5.17. The third-order valence-electron chi connectivity index (χ3n) is 3.21. The van der Waals surface area contributed by atoms with Crippen molar-refractivity contribution in [2.24, 2.45) is 0 Å². The fourth-order valence-corrected chi connectivity index (χ4v) is 2.19. The Balaban J connectivity index is 1.86. The maximum absolute atomic E-state index is 12.1. The number of benzene rings is 2. The number of hydrogen-bond donors (Lipinski definition) is 1. The van der Waals surface area contributed by atoms with E-state index in [-0.39, 0.29) is 5.91 Å². The standard InChI is InChI=1S/C16H13NO3/c18-15-14(10-11-6-2-1-3-7-11)20-16(19)12-8-4-5-9-13(12)17-15/h1-9,14H,10H2,(H,17,18)/t14-/m1/s1. The van der Waals surface area contributed by atoms with Crippen LogP contribution in [0.4, 0.5) is 5.69 Å². The third-order valence-corrected chi connectivity index (χ3v) is 3.21. The number of rotatable bonds is 2. The number of ether oxygens (including phenoxy) is 1. The maximum atomic E-state index is 12.1. The van der Waals surface area contributed by atoms with Gasteiger partial charge in [0.05, 0.1) is 11.3 Å². The van der Waals surface area contributed by atoms with Gasteiger partial charge in [0.2, 0.25) is 0 Å². The van der Waals surface area contributed by atoms with Gasteiger partial charge in [-0.2, -0.15) is 0 Å². The number of nitrogens with one attached hydrogen (secondary N) is 1. The Hall–Kier alpha value is -2.62. The van der Waals surface area contributed by atoms with Crippen LogP contribution in [-0.2, 0) is 16.0 Å². The Labute approximate surface area is 116 Å². The summed E-state index contributed by atoms with van der Waals surface area (Å²) < 4.78 is 5.30. The second-order valence-corrected chi connectivity index (χ2v) is 4.62. The van der Waals surface area contributed by atoms with Crippen LogP contribution in [0.5, 0.6) is 0 Å². The highest BCUT2D eigenvalue weighted by Gasteiger charge is 2.29. The smallest absolute Gasteiger partial charge is 0.341 e. The summed E-state index contributed by atoms with van der Waals surface area (Å²) in [4.78, 5) is 24.2. The number of carbonyl (C=O) groups is 2. The molecule has 1 aliphatic heterocycles. The van der Waals surface area contributed by atoms with Gasteiger partial charge in [-0.05, 0) is 17.7 Å². The molecule has 100 valence electrons. The molecule has 20 heavy (non-hydrogen) atoms. The van der Waals surface area contributed by atoms with Crippen molar-refractivity contribution in [3.63, 3.8) is 0 Å². The van der Waals surface area contributed by atoms with E-state index >= 15 is 0 Å². The predicted molar refractivity (Wildman–Crippen MR) is 74.4 cm³/mol. The van der Waals surface area contributed by atoms with Gasteiger partial charge in [0.1, 0.15) is 0 Å². The Morgan fingerprint density at radius 1 is 0.950 bits per heavy atom. The highest BCUT2D eigenvalue weighted by Crippen LogP contribution is 2.22. The minimum Gasteiger partial charge on any atom is -0.448 e. The van der Waals surface area contributed by atoms with Gasteiger partial charge in [0.15, 0.2) is 6.10 Å². The van der Waals surface area contributed by atoms with E-state index in [4.69, 9.17) is 4.74 Å². The largest absolute Gasteiger partial charge is 0.448 e. The van der Waals surface area contributed by atoms with E-state index in [0.29, 0.717) is 17.7 Å². The Bertz CT molecular complexity index is 652. The number of hydrogen-bond acceptors (Lipinski definition) is 3. The van der Waals surface area contributed by atoms with Crippen molar-refractivity contribution in [3.8, 4) is 0 Å². The van der Waals surface area contributed by atoms with Crippen molar-refractivity contribution in [1.82, 2.24) is 0 Å². The Morgan fingerprint density at radius 3 is 2.45 bits per heavy atom. The quantitative estimate of drug-likeness (QED) is 0.850. The third kappa shape index (κ3) is 2.40. The van der Waals surface area contributed by atoms with E-state index in [9.17, 15) is 9.59 Å². The van der Waals surface area contributed by atoms with Gasteiger partial charge in [-0.1, -0.05) is 42.5 Å². The zero-order valence-corrected chi connectivity index (χ0v) is 10.7. The molecule has 1 heterocycles. The molecule has 0 radical (unpaired) electrons. The summed E-state index contributed by atoms with van der Waals surface area (Å²) in [5.41, 5.74) is 1.83. The summed E-state index contributed by atoms with van der Waals surface area (Å²) in [6.07, 6.45) is -0.441. The molecular formula is C16H13NO3. The minimum atomic E-state index is -0.808. The monoisotopic (exact) mass is 267 g/mol. The van der Waals surface area contributed by atoms with Crippen LogP contribution in [0.1, 0.15) is 15.9 Å². The number of carbonyl (C=O) groups excluding carboxylic acids is 2. The van der Waals surface area contributed by atoms with Gasteiger partial charge in [-0.25, -0.2) is 4.79 Å². The molecule has 2 aromatic carbocycles. The number of esters is 1. The molecule has 0 saturated carbocycles. The van der Waals surface area contributed by atoms with Gasteiger partial charge in [-0.15, -0.1) is 0 Å². The average molecular weight is 267 g/mol. The summed E-state index contributed by atoms with van der Waals surface area (Å²) >= 11 is 0. The lowest BCUT2D eigenvalue weighted by Crippen LogP contribution is -2.31. The molecule has 2 aromatic rings. The molecule has 0 bridgehead atoms. The average Bonchev–Trinajstić information content (AvgIpc) is 2.58. The lowest BCUT2D eigenvalue weighted by atomic mass is 10.1. The highest BCUT2D eigenvalue weighted by molar-refractivity contribution is 6.06. The summed E-state index contributed by atoms with van der Waals surface area (Å²) in [6, 6.07) is 16.3. The minimum absolute atomic E-state index is 0.299. The van der Waals surface area contributed by atoms with Gasteiger partial charge in [0, 0.05) is 6.42 Å². The zero-order valence-electron chi connectivity index (χ0n) is 10.7. The van der Waals surface area contributed by atoms with Gasteiger partial charge >= 0.3 is 5.97 Å². The van der Waals surface area contributed by atoms with E-state index < -0.39 is 12.1 Å². The predicted octanol–water partition coefficient (Wildman–Crippen LogP) is 2.41. The van der Waals surface area contributed by atoms with Crippen molar-refractivity contribution in [2.75, 3.05) is 5.32 Å². The van der Waals surface area contributed by atoms with Crippen molar-refractivity contribution < 1.29 is 14.3 Å². The van der Waals surface area contributed by atoms with E-state index in [1.807, 2.05) is 30.3 Å². The molecule has 4 heteroatoms. The summed E-state index contributed by atoms with van der Waals surface area (Å²) in [6.45, 7) is 0. The number of fused-ring (bicyclic) bond motifs is 1. The lowest BCUT2D eigenvalue weighted by molar-refractivity contribution is -0.124. The van der Waals surface area contributed by atoms with E-state index in [0.717, 1.165) is 5.56 Å². The molecule has 0 aliphatic carbocycles. The molecule has 0 fully saturated rings. The van der Waals surface area contributed by atoms with Crippen LogP contribution in [0.15, 0.2) is 54.6 Å². The summed E-state index contributed by atoms with van der Waals surface area (Å²) in [5.74, 6) is -0.771. The SMILES string of the molecule is O=C1O[C@H](Cc2ccccc2)C(=O)Nc2ccccc21. The second-order valence-electron chi connectivity index (χ2n) is 4.62. The van der Waals surface area contributed by atoms with E-state index in [1.165, 1.54) is 0 Å². The maximum Gasteiger partial charge on any atom is 0.341 e. The fraction of sp³-hybridized carbons (Fsp3) is 0.125.